The minimum absolute atomic E-state index is 0.109. The molecular formula is C17H19ClN2O2. The molecule has 1 saturated carbocycles. The third-order valence-electron chi connectivity index (χ3n) is 4.05. The average Bonchev–Trinajstić information content (AvgIpc) is 3.10. The molecule has 2 atom stereocenters. The summed E-state index contributed by atoms with van der Waals surface area (Å²) in [6.45, 7) is 5.77. The molecule has 0 radical (unpaired) electrons. The molecule has 1 amide bonds. The summed E-state index contributed by atoms with van der Waals surface area (Å²) in [5.74, 6) is 0.952. The molecule has 1 aliphatic rings. The van der Waals surface area contributed by atoms with Crippen LogP contribution < -0.4 is 5.32 Å². The highest BCUT2D eigenvalue weighted by atomic mass is 35.5. The third kappa shape index (κ3) is 2.75. The summed E-state index contributed by atoms with van der Waals surface area (Å²) in [7, 11) is 0. The maximum atomic E-state index is 12.5. The van der Waals surface area contributed by atoms with Gasteiger partial charge in [0.05, 0.1) is 5.69 Å². The molecule has 1 aromatic carbocycles. The minimum Gasteiger partial charge on any atom is -0.360 e. The summed E-state index contributed by atoms with van der Waals surface area (Å²) in [6, 6.07) is 7.91. The quantitative estimate of drug-likeness (QED) is 0.925. The van der Waals surface area contributed by atoms with Crippen molar-refractivity contribution in [2.75, 3.05) is 0 Å². The topological polar surface area (TPSA) is 55.1 Å². The van der Waals surface area contributed by atoms with Gasteiger partial charge in [0.25, 0.3) is 5.91 Å². The molecule has 2 aromatic rings. The number of aryl methyl sites for hydroxylation is 1. The van der Waals surface area contributed by atoms with Gasteiger partial charge in [-0.3, -0.25) is 4.79 Å². The maximum absolute atomic E-state index is 12.5. The number of rotatable bonds is 4. The normalized spacial score (nSPS) is 20.2. The molecule has 0 spiro atoms. The molecule has 1 aliphatic carbocycles. The highest BCUT2D eigenvalue weighted by Gasteiger charge is 2.41. The number of hydrogen-bond acceptors (Lipinski definition) is 3. The number of nitrogens with one attached hydrogen (secondary N) is 1. The van der Waals surface area contributed by atoms with Crippen molar-refractivity contribution in [1.29, 1.82) is 0 Å². The van der Waals surface area contributed by atoms with E-state index in [-0.39, 0.29) is 17.9 Å². The van der Waals surface area contributed by atoms with E-state index in [0.29, 0.717) is 22.9 Å². The van der Waals surface area contributed by atoms with Crippen molar-refractivity contribution < 1.29 is 9.32 Å². The Kier molecular flexibility index (Phi) is 3.96. The highest BCUT2D eigenvalue weighted by molar-refractivity contribution is 6.31. The van der Waals surface area contributed by atoms with Crippen molar-refractivity contribution >= 4 is 17.5 Å². The van der Waals surface area contributed by atoms with Crippen LogP contribution in [0.4, 0.5) is 0 Å². The Morgan fingerprint density at radius 3 is 2.82 bits per heavy atom. The van der Waals surface area contributed by atoms with E-state index in [1.165, 1.54) is 0 Å². The van der Waals surface area contributed by atoms with E-state index in [4.69, 9.17) is 16.1 Å². The number of nitrogens with zero attached hydrogens (tertiary/aromatic N) is 1. The van der Waals surface area contributed by atoms with Gasteiger partial charge in [-0.2, -0.15) is 0 Å². The summed E-state index contributed by atoms with van der Waals surface area (Å²) >= 11 is 6.21. The standard InChI is InChI=1S/C17H19ClN2O2/c1-9(2)16-15(10(3)20-22-16)17(21)19-14-8-12(14)11-6-4-5-7-13(11)18/h4-7,9,12,14H,8H2,1-3H3,(H,19,21)/t12-,14-/m1/s1. The van der Waals surface area contributed by atoms with Gasteiger partial charge in [0.15, 0.2) is 5.76 Å². The molecule has 3 rings (SSSR count). The van der Waals surface area contributed by atoms with Crippen LogP contribution in [-0.4, -0.2) is 17.1 Å². The van der Waals surface area contributed by atoms with E-state index >= 15 is 0 Å². The fourth-order valence-corrected chi connectivity index (χ4v) is 3.05. The lowest BCUT2D eigenvalue weighted by molar-refractivity contribution is 0.0947. The number of halogens is 1. The SMILES string of the molecule is Cc1noc(C(C)C)c1C(=O)N[C@@H]1C[C@@H]1c1ccccc1Cl. The number of benzene rings is 1. The van der Waals surface area contributed by atoms with Crippen molar-refractivity contribution in [3.63, 3.8) is 0 Å². The van der Waals surface area contributed by atoms with Crippen LogP contribution >= 0.6 is 11.6 Å². The lowest BCUT2D eigenvalue weighted by Crippen LogP contribution is -2.27. The van der Waals surface area contributed by atoms with Crippen molar-refractivity contribution in [2.24, 2.45) is 0 Å². The minimum atomic E-state index is -0.109. The first-order valence-electron chi connectivity index (χ1n) is 7.50. The fourth-order valence-electron chi connectivity index (χ4n) is 2.77. The largest absolute Gasteiger partial charge is 0.360 e. The Morgan fingerprint density at radius 1 is 1.41 bits per heavy atom. The number of aromatic nitrogens is 1. The van der Waals surface area contributed by atoms with E-state index in [0.717, 1.165) is 17.0 Å². The van der Waals surface area contributed by atoms with Crippen LogP contribution in [0.2, 0.25) is 5.02 Å². The second-order valence-corrected chi connectivity index (χ2v) is 6.51. The molecule has 0 saturated heterocycles. The molecule has 1 N–H and O–H groups in total. The maximum Gasteiger partial charge on any atom is 0.257 e. The van der Waals surface area contributed by atoms with Gasteiger partial charge in [-0.05, 0) is 25.0 Å². The van der Waals surface area contributed by atoms with Crippen LogP contribution in [0.1, 0.15) is 59.5 Å². The summed E-state index contributed by atoms with van der Waals surface area (Å²) in [6.07, 6.45) is 0.914. The van der Waals surface area contributed by atoms with Gasteiger partial charge in [0.2, 0.25) is 0 Å². The first kappa shape index (κ1) is 15.1. The molecule has 5 heteroatoms. The summed E-state index contributed by atoms with van der Waals surface area (Å²) in [4.78, 5) is 12.5. The Morgan fingerprint density at radius 2 is 2.14 bits per heavy atom. The van der Waals surface area contributed by atoms with Crippen LogP contribution in [0.15, 0.2) is 28.8 Å². The first-order chi connectivity index (χ1) is 10.5. The van der Waals surface area contributed by atoms with E-state index in [9.17, 15) is 4.79 Å². The Bertz CT molecular complexity index is 708. The molecule has 1 aromatic heterocycles. The fraction of sp³-hybridized carbons (Fsp3) is 0.412. The number of carbonyl (C=O) groups excluding carboxylic acids is 1. The van der Waals surface area contributed by atoms with Crippen LogP contribution in [0.25, 0.3) is 0 Å². The zero-order valence-electron chi connectivity index (χ0n) is 12.9. The van der Waals surface area contributed by atoms with Crippen LogP contribution in [-0.2, 0) is 0 Å². The summed E-state index contributed by atoms with van der Waals surface area (Å²) in [5.41, 5.74) is 2.30. The predicted molar refractivity (Wildman–Crippen MR) is 85.4 cm³/mol. The second-order valence-electron chi connectivity index (χ2n) is 6.11. The Hall–Kier alpha value is -1.81. The van der Waals surface area contributed by atoms with E-state index in [1.807, 2.05) is 38.1 Å². The van der Waals surface area contributed by atoms with Crippen molar-refractivity contribution in [2.45, 2.75) is 45.1 Å². The van der Waals surface area contributed by atoms with Gasteiger partial charge in [-0.1, -0.05) is 48.8 Å². The predicted octanol–water partition coefficient (Wildman–Crippen LogP) is 4.05. The van der Waals surface area contributed by atoms with Gasteiger partial charge in [0.1, 0.15) is 5.56 Å². The number of carbonyl (C=O) groups is 1. The zero-order chi connectivity index (χ0) is 15.9. The summed E-state index contributed by atoms with van der Waals surface area (Å²) < 4.78 is 5.28. The number of hydrogen-bond donors (Lipinski definition) is 1. The molecule has 0 unspecified atom stereocenters. The Labute approximate surface area is 134 Å². The molecule has 1 heterocycles. The molecule has 116 valence electrons. The second kappa shape index (κ2) is 5.76. The van der Waals surface area contributed by atoms with E-state index < -0.39 is 0 Å². The molecule has 0 aliphatic heterocycles. The first-order valence-corrected chi connectivity index (χ1v) is 7.88. The van der Waals surface area contributed by atoms with Gasteiger partial charge >= 0.3 is 0 Å². The lowest BCUT2D eigenvalue weighted by atomic mass is 10.0. The molecular weight excluding hydrogens is 300 g/mol. The lowest BCUT2D eigenvalue weighted by Gasteiger charge is -2.07. The van der Waals surface area contributed by atoms with Crippen LogP contribution in [0.5, 0.6) is 0 Å². The van der Waals surface area contributed by atoms with Crippen molar-refractivity contribution in [3.8, 4) is 0 Å². The molecule has 4 nitrogen and oxygen atoms in total. The van der Waals surface area contributed by atoms with Gasteiger partial charge in [0, 0.05) is 22.9 Å². The van der Waals surface area contributed by atoms with Crippen molar-refractivity contribution in [1.82, 2.24) is 10.5 Å². The number of amides is 1. The smallest absolute Gasteiger partial charge is 0.257 e. The van der Waals surface area contributed by atoms with E-state index in [2.05, 4.69) is 10.5 Å². The monoisotopic (exact) mass is 318 g/mol. The molecule has 0 bridgehead atoms. The zero-order valence-corrected chi connectivity index (χ0v) is 13.6. The van der Waals surface area contributed by atoms with Crippen LogP contribution in [0, 0.1) is 6.92 Å². The van der Waals surface area contributed by atoms with E-state index in [1.54, 1.807) is 6.92 Å². The highest BCUT2D eigenvalue weighted by Crippen LogP contribution is 2.43. The van der Waals surface area contributed by atoms with Gasteiger partial charge in [-0.15, -0.1) is 0 Å². The van der Waals surface area contributed by atoms with Gasteiger partial charge < -0.3 is 9.84 Å². The molecule has 1 fully saturated rings. The Balaban J connectivity index is 1.72. The average molecular weight is 319 g/mol. The third-order valence-corrected chi connectivity index (χ3v) is 4.40. The van der Waals surface area contributed by atoms with Crippen molar-refractivity contribution in [3.05, 3.63) is 51.9 Å². The van der Waals surface area contributed by atoms with Crippen LogP contribution in [0.3, 0.4) is 0 Å². The molecule has 22 heavy (non-hydrogen) atoms. The van der Waals surface area contributed by atoms with Gasteiger partial charge in [-0.25, -0.2) is 0 Å². The summed E-state index contributed by atoms with van der Waals surface area (Å²) in [5, 5.41) is 7.75.